The summed E-state index contributed by atoms with van der Waals surface area (Å²) in [6.45, 7) is 0. The largest absolute Gasteiger partial charge is 0.273 e. The van der Waals surface area contributed by atoms with Crippen LogP contribution in [0.2, 0.25) is 5.02 Å². The number of amides is 2. The van der Waals surface area contributed by atoms with Crippen LogP contribution in [0.25, 0.3) is 0 Å². The molecule has 0 aromatic heterocycles. The first-order valence-electron chi connectivity index (χ1n) is 9.45. The third-order valence-corrected chi connectivity index (χ3v) is 6.31. The van der Waals surface area contributed by atoms with E-state index in [-0.39, 0.29) is 11.8 Å². The molecule has 5 rings (SSSR count). The average molecular weight is 484 g/mol. The van der Waals surface area contributed by atoms with Crippen molar-refractivity contribution in [3.8, 4) is 0 Å². The van der Waals surface area contributed by atoms with Crippen molar-refractivity contribution in [3.05, 3.63) is 93.9 Å². The minimum Gasteiger partial charge on any atom is -0.273 e. The Balaban J connectivity index is 1.60. The van der Waals surface area contributed by atoms with Gasteiger partial charge in [-0.05, 0) is 48.0 Å². The average Bonchev–Trinajstić information content (AvgIpc) is 3.26. The van der Waals surface area contributed by atoms with Crippen molar-refractivity contribution in [1.82, 2.24) is 0 Å². The molecule has 3 atom stereocenters. The molecule has 150 valence electrons. The van der Waals surface area contributed by atoms with Gasteiger partial charge in [-0.25, -0.2) is 9.96 Å². The zero-order valence-electron chi connectivity index (χ0n) is 15.6. The Labute approximate surface area is 186 Å². The van der Waals surface area contributed by atoms with Gasteiger partial charge in [0, 0.05) is 9.50 Å². The second kappa shape index (κ2) is 7.54. The first-order valence-corrected chi connectivity index (χ1v) is 10.6. The zero-order valence-corrected chi connectivity index (χ0v) is 18.0. The van der Waals surface area contributed by atoms with Crippen molar-refractivity contribution < 1.29 is 14.4 Å². The molecule has 3 aromatic rings. The molecule has 30 heavy (non-hydrogen) atoms. The van der Waals surface area contributed by atoms with Gasteiger partial charge >= 0.3 is 0 Å². The molecule has 2 amide bonds. The van der Waals surface area contributed by atoms with E-state index in [0.29, 0.717) is 10.7 Å². The van der Waals surface area contributed by atoms with E-state index in [0.717, 1.165) is 15.7 Å². The molecule has 3 aromatic carbocycles. The summed E-state index contributed by atoms with van der Waals surface area (Å²) >= 11 is 9.89. The van der Waals surface area contributed by atoms with Crippen LogP contribution in [0, 0.1) is 5.92 Å². The molecule has 2 heterocycles. The topological polar surface area (TPSA) is 49.9 Å². The number of para-hydroxylation sites is 1. The highest BCUT2D eigenvalue weighted by Crippen LogP contribution is 2.48. The molecule has 0 radical (unpaired) electrons. The summed E-state index contributed by atoms with van der Waals surface area (Å²) in [7, 11) is 0. The molecule has 2 fully saturated rings. The summed E-state index contributed by atoms with van der Waals surface area (Å²) in [5.41, 5.74) is 2.03. The van der Waals surface area contributed by atoms with Crippen molar-refractivity contribution in [2.45, 2.75) is 12.1 Å². The summed E-state index contributed by atoms with van der Waals surface area (Å²) < 4.78 is 0.867. The van der Waals surface area contributed by atoms with Crippen molar-refractivity contribution in [1.29, 1.82) is 0 Å². The number of benzene rings is 3. The SMILES string of the molecule is O=C1[C@H]2[C@@H](c3ccccc3Cl)N(c3ccccc3)O[C@H]2C(=O)N1c1ccc(Br)cc1. The van der Waals surface area contributed by atoms with E-state index in [2.05, 4.69) is 15.9 Å². The van der Waals surface area contributed by atoms with E-state index in [4.69, 9.17) is 16.4 Å². The lowest BCUT2D eigenvalue weighted by Crippen LogP contribution is -2.37. The third kappa shape index (κ3) is 3.03. The van der Waals surface area contributed by atoms with Gasteiger partial charge in [-0.2, -0.15) is 0 Å². The zero-order chi connectivity index (χ0) is 20.8. The van der Waals surface area contributed by atoms with Gasteiger partial charge in [0.1, 0.15) is 5.92 Å². The second-order valence-corrected chi connectivity index (χ2v) is 8.49. The van der Waals surface area contributed by atoms with Crippen LogP contribution < -0.4 is 9.96 Å². The maximum absolute atomic E-state index is 13.5. The lowest BCUT2D eigenvalue weighted by Gasteiger charge is -2.29. The number of rotatable bonds is 3. The molecule has 2 aliphatic heterocycles. The first-order chi connectivity index (χ1) is 14.6. The minimum atomic E-state index is -0.914. The fourth-order valence-electron chi connectivity index (χ4n) is 4.09. The molecule has 0 bridgehead atoms. The van der Waals surface area contributed by atoms with E-state index in [1.54, 1.807) is 35.4 Å². The van der Waals surface area contributed by atoms with Gasteiger partial charge in [-0.15, -0.1) is 0 Å². The van der Waals surface area contributed by atoms with Gasteiger partial charge in [0.05, 0.1) is 17.4 Å². The molecule has 5 nitrogen and oxygen atoms in total. The highest BCUT2D eigenvalue weighted by molar-refractivity contribution is 9.10. The first kappa shape index (κ1) is 19.3. The molecule has 2 aliphatic rings. The van der Waals surface area contributed by atoms with Crippen LogP contribution in [0.4, 0.5) is 11.4 Å². The number of nitrogens with zero attached hydrogens (tertiary/aromatic N) is 2. The Hall–Kier alpha value is -2.67. The maximum Gasteiger partial charge on any atom is 0.266 e. The van der Waals surface area contributed by atoms with Crippen LogP contribution in [-0.2, 0) is 14.4 Å². The highest BCUT2D eigenvalue weighted by Gasteiger charge is 2.60. The second-order valence-electron chi connectivity index (χ2n) is 7.17. The summed E-state index contributed by atoms with van der Waals surface area (Å²) in [5, 5.41) is 2.17. The van der Waals surface area contributed by atoms with E-state index in [9.17, 15) is 9.59 Å². The summed E-state index contributed by atoms with van der Waals surface area (Å²) in [6.07, 6.45) is -0.914. The van der Waals surface area contributed by atoms with Crippen LogP contribution in [0.1, 0.15) is 11.6 Å². The number of hydroxylamine groups is 1. The number of fused-ring (bicyclic) bond motifs is 1. The molecule has 0 spiro atoms. The predicted molar refractivity (Wildman–Crippen MR) is 118 cm³/mol. The van der Waals surface area contributed by atoms with Crippen molar-refractivity contribution >= 4 is 50.7 Å². The lowest BCUT2D eigenvalue weighted by atomic mass is 9.90. The number of carbonyl (C=O) groups excluding carboxylic acids is 2. The quantitative estimate of drug-likeness (QED) is 0.483. The standard InChI is InChI=1S/C23H16BrClN2O3/c24-14-10-12-15(13-11-14)26-22(28)19-20(17-8-4-5-9-18(17)25)27(30-21(19)23(26)29)16-6-2-1-3-7-16/h1-13,19-21H/t19-,20+,21+/m0/s1. The molecule has 0 saturated carbocycles. The maximum atomic E-state index is 13.5. The van der Waals surface area contributed by atoms with E-state index in [1.165, 1.54) is 4.90 Å². The normalized spacial score (nSPS) is 23.2. The minimum absolute atomic E-state index is 0.296. The Kier molecular flexibility index (Phi) is 4.85. The summed E-state index contributed by atoms with van der Waals surface area (Å²) in [6, 6.07) is 23.3. The Morgan fingerprint density at radius 1 is 0.800 bits per heavy atom. The molecular weight excluding hydrogens is 468 g/mol. The number of imide groups is 1. The Morgan fingerprint density at radius 2 is 1.47 bits per heavy atom. The molecular formula is C23H16BrClN2O3. The highest BCUT2D eigenvalue weighted by atomic mass is 79.9. The van der Waals surface area contributed by atoms with Gasteiger partial charge in [0.2, 0.25) is 5.91 Å². The van der Waals surface area contributed by atoms with Crippen LogP contribution in [-0.4, -0.2) is 17.9 Å². The number of carbonyl (C=O) groups is 2. The van der Waals surface area contributed by atoms with Gasteiger partial charge < -0.3 is 0 Å². The fraction of sp³-hybridized carbons (Fsp3) is 0.130. The fourth-order valence-corrected chi connectivity index (χ4v) is 4.60. The molecule has 0 aliphatic carbocycles. The number of hydrogen-bond donors (Lipinski definition) is 0. The monoisotopic (exact) mass is 482 g/mol. The number of hydrogen-bond acceptors (Lipinski definition) is 4. The van der Waals surface area contributed by atoms with E-state index in [1.807, 2.05) is 48.5 Å². The molecule has 0 unspecified atom stereocenters. The number of anilines is 2. The van der Waals surface area contributed by atoms with Crippen molar-refractivity contribution in [2.24, 2.45) is 5.92 Å². The van der Waals surface area contributed by atoms with Gasteiger partial charge in [-0.1, -0.05) is 63.9 Å². The van der Waals surface area contributed by atoms with Crippen LogP contribution in [0.5, 0.6) is 0 Å². The van der Waals surface area contributed by atoms with Gasteiger partial charge in [-0.3, -0.25) is 14.4 Å². The van der Waals surface area contributed by atoms with E-state index < -0.39 is 18.1 Å². The molecule has 0 N–H and O–H groups in total. The summed E-state index contributed by atoms with van der Waals surface area (Å²) in [4.78, 5) is 34.0. The Morgan fingerprint density at radius 3 is 2.17 bits per heavy atom. The van der Waals surface area contributed by atoms with Gasteiger partial charge in [0.25, 0.3) is 5.91 Å². The Bertz CT molecular complexity index is 1120. The predicted octanol–water partition coefficient (Wildman–Crippen LogP) is 5.15. The molecule has 7 heteroatoms. The smallest absolute Gasteiger partial charge is 0.266 e. The van der Waals surface area contributed by atoms with Crippen LogP contribution in [0.15, 0.2) is 83.3 Å². The third-order valence-electron chi connectivity index (χ3n) is 5.43. The van der Waals surface area contributed by atoms with Crippen LogP contribution >= 0.6 is 27.5 Å². The summed E-state index contributed by atoms with van der Waals surface area (Å²) in [5.74, 6) is -1.38. The van der Waals surface area contributed by atoms with Crippen LogP contribution in [0.3, 0.4) is 0 Å². The van der Waals surface area contributed by atoms with Gasteiger partial charge in [0.15, 0.2) is 6.10 Å². The van der Waals surface area contributed by atoms with Crippen molar-refractivity contribution in [3.63, 3.8) is 0 Å². The lowest BCUT2D eigenvalue weighted by molar-refractivity contribution is -0.126. The molecule has 2 saturated heterocycles. The van der Waals surface area contributed by atoms with Crippen molar-refractivity contribution in [2.75, 3.05) is 9.96 Å². The van der Waals surface area contributed by atoms with E-state index >= 15 is 0 Å². The number of halogens is 2.